The molecule has 4 rings (SSSR count). The fourth-order valence-electron chi connectivity index (χ4n) is 3.10. The van der Waals surface area contributed by atoms with Gasteiger partial charge in [-0.15, -0.1) is 0 Å². The third-order valence-electron chi connectivity index (χ3n) is 4.58. The number of benzene rings is 3. The van der Waals surface area contributed by atoms with Crippen molar-refractivity contribution in [3.63, 3.8) is 0 Å². The highest BCUT2D eigenvalue weighted by molar-refractivity contribution is 5.80. The molecule has 29 heavy (non-hydrogen) atoms. The van der Waals surface area contributed by atoms with Gasteiger partial charge in [-0.2, -0.15) is 0 Å². The number of hydrogen-bond donors (Lipinski definition) is 0. The van der Waals surface area contributed by atoms with Crippen LogP contribution < -0.4 is 5.56 Å². The summed E-state index contributed by atoms with van der Waals surface area (Å²) in [6.07, 6.45) is 3.04. The summed E-state index contributed by atoms with van der Waals surface area (Å²) in [5.41, 5.74) is 1.57. The van der Waals surface area contributed by atoms with Gasteiger partial charge in [0.2, 0.25) is 0 Å². The van der Waals surface area contributed by atoms with E-state index in [-0.39, 0.29) is 11.4 Å². The summed E-state index contributed by atoms with van der Waals surface area (Å²) in [7, 11) is 0. The molecule has 0 amide bonds. The first-order valence-corrected chi connectivity index (χ1v) is 8.85. The van der Waals surface area contributed by atoms with E-state index in [0.717, 1.165) is 12.1 Å². The molecule has 0 aliphatic rings. The first-order chi connectivity index (χ1) is 13.9. The van der Waals surface area contributed by atoms with Crippen LogP contribution in [0.1, 0.15) is 17.0 Å². The highest BCUT2D eigenvalue weighted by atomic mass is 19.2. The van der Waals surface area contributed by atoms with Crippen LogP contribution in [-0.2, 0) is 0 Å². The van der Waals surface area contributed by atoms with Crippen molar-refractivity contribution in [2.45, 2.75) is 6.92 Å². The molecule has 0 bridgehead atoms. The summed E-state index contributed by atoms with van der Waals surface area (Å²) in [6, 6.07) is 14.5. The topological polar surface area (TPSA) is 34.9 Å². The number of fused-ring (bicyclic) bond motifs is 1. The second kappa shape index (κ2) is 7.39. The third-order valence-corrected chi connectivity index (χ3v) is 4.58. The quantitative estimate of drug-likeness (QED) is 0.475. The van der Waals surface area contributed by atoms with Crippen molar-refractivity contribution in [1.29, 1.82) is 0 Å². The van der Waals surface area contributed by atoms with E-state index in [9.17, 15) is 18.0 Å². The van der Waals surface area contributed by atoms with Crippen LogP contribution in [-0.4, -0.2) is 9.55 Å². The van der Waals surface area contributed by atoms with Gasteiger partial charge in [0.15, 0.2) is 11.6 Å². The van der Waals surface area contributed by atoms with Gasteiger partial charge in [-0.25, -0.2) is 18.2 Å². The monoisotopic (exact) mass is 392 g/mol. The lowest BCUT2D eigenvalue weighted by atomic mass is 10.1. The van der Waals surface area contributed by atoms with Gasteiger partial charge in [0, 0.05) is 0 Å². The molecule has 0 saturated carbocycles. The molecule has 0 saturated heterocycles. The average molecular weight is 392 g/mol. The molecule has 0 fully saturated rings. The first kappa shape index (κ1) is 18.7. The molecule has 0 aliphatic heterocycles. The Morgan fingerprint density at radius 2 is 1.69 bits per heavy atom. The molecular formula is C23H15F3N2O. The molecule has 0 spiro atoms. The molecule has 6 heteroatoms. The number of para-hydroxylation sites is 1. The van der Waals surface area contributed by atoms with Gasteiger partial charge in [-0.1, -0.05) is 30.3 Å². The van der Waals surface area contributed by atoms with Crippen LogP contribution in [0.4, 0.5) is 13.2 Å². The Kier molecular flexibility index (Phi) is 4.76. The lowest BCUT2D eigenvalue weighted by Gasteiger charge is -2.14. The Morgan fingerprint density at radius 3 is 2.48 bits per heavy atom. The molecule has 0 aliphatic carbocycles. The molecule has 0 atom stereocenters. The van der Waals surface area contributed by atoms with Crippen LogP contribution >= 0.6 is 0 Å². The minimum atomic E-state index is -0.975. The summed E-state index contributed by atoms with van der Waals surface area (Å²) < 4.78 is 41.9. The van der Waals surface area contributed by atoms with Gasteiger partial charge in [0.1, 0.15) is 11.6 Å². The van der Waals surface area contributed by atoms with Gasteiger partial charge in [-0.05, 0) is 60.5 Å². The van der Waals surface area contributed by atoms with Crippen molar-refractivity contribution in [1.82, 2.24) is 9.55 Å². The van der Waals surface area contributed by atoms with Crippen molar-refractivity contribution >= 4 is 23.1 Å². The largest absolute Gasteiger partial charge is 0.268 e. The number of aryl methyl sites for hydroxylation is 1. The Bertz CT molecular complexity index is 1330. The van der Waals surface area contributed by atoms with E-state index < -0.39 is 17.5 Å². The Morgan fingerprint density at radius 1 is 0.897 bits per heavy atom. The fourth-order valence-corrected chi connectivity index (χ4v) is 3.10. The smallest absolute Gasteiger partial charge is 0.266 e. The predicted octanol–water partition coefficient (Wildman–Crippen LogP) is 5.28. The fraction of sp³-hybridized carbons (Fsp3) is 0.0435. The standard InChI is InChI=1S/C23H15F3N2O/c1-14-6-9-16(24)13-21(14)28-22(11-8-15-7-10-18(25)19(26)12-15)27-20-5-3-2-4-17(20)23(28)29/h2-13H,1H3/b11-8-. The molecule has 3 aromatic carbocycles. The summed E-state index contributed by atoms with van der Waals surface area (Å²) in [4.78, 5) is 17.7. The zero-order chi connectivity index (χ0) is 20.5. The third kappa shape index (κ3) is 3.57. The average Bonchev–Trinajstić information content (AvgIpc) is 2.71. The minimum absolute atomic E-state index is 0.243. The Hall–Kier alpha value is -3.67. The maximum atomic E-state index is 13.9. The first-order valence-electron chi connectivity index (χ1n) is 8.85. The highest BCUT2D eigenvalue weighted by Crippen LogP contribution is 2.19. The zero-order valence-corrected chi connectivity index (χ0v) is 15.4. The predicted molar refractivity (Wildman–Crippen MR) is 107 cm³/mol. The lowest BCUT2D eigenvalue weighted by Crippen LogP contribution is -2.23. The molecule has 3 nitrogen and oxygen atoms in total. The van der Waals surface area contributed by atoms with Crippen LogP contribution in [0.3, 0.4) is 0 Å². The van der Waals surface area contributed by atoms with Crippen molar-refractivity contribution < 1.29 is 13.2 Å². The zero-order valence-electron chi connectivity index (χ0n) is 15.4. The minimum Gasteiger partial charge on any atom is -0.268 e. The summed E-state index contributed by atoms with van der Waals surface area (Å²) in [5.74, 6) is -2.16. The summed E-state index contributed by atoms with van der Waals surface area (Å²) in [6.45, 7) is 1.76. The van der Waals surface area contributed by atoms with Crippen molar-refractivity contribution in [2.75, 3.05) is 0 Å². The van der Waals surface area contributed by atoms with Gasteiger partial charge >= 0.3 is 0 Å². The Labute approximate surface area is 164 Å². The van der Waals surface area contributed by atoms with E-state index >= 15 is 0 Å². The summed E-state index contributed by atoms with van der Waals surface area (Å²) in [5, 5.41) is 0.390. The number of hydrogen-bond acceptors (Lipinski definition) is 2. The van der Waals surface area contributed by atoms with E-state index in [1.807, 2.05) is 0 Å². The van der Waals surface area contributed by atoms with E-state index in [4.69, 9.17) is 0 Å². The van der Waals surface area contributed by atoms with Gasteiger partial charge in [0.05, 0.1) is 16.6 Å². The van der Waals surface area contributed by atoms with Crippen molar-refractivity contribution in [2.24, 2.45) is 0 Å². The van der Waals surface area contributed by atoms with E-state index in [1.54, 1.807) is 37.3 Å². The second-order valence-electron chi connectivity index (χ2n) is 6.57. The van der Waals surface area contributed by atoms with Crippen LogP contribution in [0.25, 0.3) is 28.7 Å². The molecule has 1 aromatic heterocycles. The Balaban J connectivity index is 1.96. The molecule has 0 N–H and O–H groups in total. The molecule has 144 valence electrons. The number of aromatic nitrogens is 2. The molecule has 0 unspecified atom stereocenters. The lowest BCUT2D eigenvalue weighted by molar-refractivity contribution is 0.508. The van der Waals surface area contributed by atoms with Crippen molar-refractivity contribution in [3.8, 4) is 5.69 Å². The van der Waals surface area contributed by atoms with Crippen molar-refractivity contribution in [3.05, 3.63) is 105 Å². The molecule has 0 radical (unpaired) electrons. The van der Waals surface area contributed by atoms with Crippen LogP contribution in [0.15, 0.2) is 65.5 Å². The maximum absolute atomic E-state index is 13.9. The highest BCUT2D eigenvalue weighted by Gasteiger charge is 2.13. The number of halogens is 3. The van der Waals surface area contributed by atoms with E-state index in [0.29, 0.717) is 27.7 Å². The van der Waals surface area contributed by atoms with Crippen LogP contribution in [0.2, 0.25) is 0 Å². The van der Waals surface area contributed by atoms with Crippen LogP contribution in [0, 0.1) is 24.4 Å². The van der Waals surface area contributed by atoms with E-state index in [2.05, 4.69) is 4.98 Å². The SMILES string of the molecule is Cc1ccc(F)cc1-n1c(/C=C\c2ccc(F)c(F)c2)nc2ccccc2c1=O. The van der Waals surface area contributed by atoms with Gasteiger partial charge in [0.25, 0.3) is 5.56 Å². The van der Waals surface area contributed by atoms with Crippen LogP contribution in [0.5, 0.6) is 0 Å². The van der Waals surface area contributed by atoms with Gasteiger partial charge in [-0.3, -0.25) is 9.36 Å². The number of nitrogens with zero attached hydrogens (tertiary/aromatic N) is 2. The molecular weight excluding hydrogens is 377 g/mol. The molecule has 4 aromatic rings. The van der Waals surface area contributed by atoms with E-state index in [1.165, 1.54) is 34.9 Å². The summed E-state index contributed by atoms with van der Waals surface area (Å²) >= 11 is 0. The maximum Gasteiger partial charge on any atom is 0.266 e. The van der Waals surface area contributed by atoms with Gasteiger partial charge < -0.3 is 0 Å². The molecule has 1 heterocycles. The normalized spacial score (nSPS) is 11.4. The second-order valence-corrected chi connectivity index (χ2v) is 6.57. The number of rotatable bonds is 3.